The lowest BCUT2D eigenvalue weighted by molar-refractivity contribution is 0.630. The molecule has 0 saturated heterocycles. The lowest BCUT2D eigenvalue weighted by atomic mass is 10.1. The van der Waals surface area contributed by atoms with Crippen molar-refractivity contribution in [3.63, 3.8) is 0 Å². The highest BCUT2D eigenvalue weighted by molar-refractivity contribution is 5.83. The highest BCUT2D eigenvalue weighted by Crippen LogP contribution is 2.23. The first kappa shape index (κ1) is 17.8. The number of hydrogen-bond acceptors (Lipinski definition) is 5. The summed E-state index contributed by atoms with van der Waals surface area (Å²) in [5.41, 5.74) is -0.0487. The Hall–Kier alpha value is -3.55. The van der Waals surface area contributed by atoms with E-state index in [-0.39, 0.29) is 16.9 Å². The maximum Gasteiger partial charge on any atom is 0.352 e. The normalized spacial score (nSPS) is 11.4. The summed E-state index contributed by atoms with van der Waals surface area (Å²) in [5.74, 6) is 0.681. The van der Waals surface area contributed by atoms with E-state index in [0.717, 1.165) is 23.0 Å². The monoisotopic (exact) mass is 377 g/mol. The van der Waals surface area contributed by atoms with E-state index in [1.807, 2.05) is 37.3 Å². The highest BCUT2D eigenvalue weighted by atomic mass is 16.2. The van der Waals surface area contributed by atoms with Gasteiger partial charge in [-0.05, 0) is 12.5 Å². The van der Waals surface area contributed by atoms with Crippen molar-refractivity contribution in [1.29, 1.82) is 0 Å². The summed E-state index contributed by atoms with van der Waals surface area (Å²) in [6.45, 7) is 2.53. The minimum Gasteiger partial charge on any atom is -0.309 e. The number of pyridine rings is 1. The zero-order valence-corrected chi connectivity index (χ0v) is 15.6. The second-order valence-corrected chi connectivity index (χ2v) is 6.66. The molecule has 0 amide bonds. The maximum atomic E-state index is 12.8. The Morgan fingerprint density at radius 1 is 1.07 bits per heavy atom. The van der Waals surface area contributed by atoms with Gasteiger partial charge in [0.05, 0.1) is 10.9 Å². The predicted molar refractivity (Wildman–Crippen MR) is 107 cm³/mol. The lowest BCUT2D eigenvalue weighted by Crippen LogP contribution is -2.36. The van der Waals surface area contributed by atoms with Crippen LogP contribution in [0.25, 0.3) is 33.8 Å². The van der Waals surface area contributed by atoms with Crippen molar-refractivity contribution < 1.29 is 0 Å². The molecule has 3 heterocycles. The molecule has 0 spiro atoms. The minimum absolute atomic E-state index is 0.227. The molecule has 2 aromatic rings. The van der Waals surface area contributed by atoms with Gasteiger partial charge in [-0.25, -0.2) is 9.78 Å². The number of benzene rings is 1. The third-order valence-electron chi connectivity index (χ3n) is 4.78. The minimum atomic E-state index is -0.629. The Labute approximate surface area is 159 Å². The Kier molecular flexibility index (Phi) is 4.38. The molecule has 142 valence electrons. The molecule has 4 rings (SSSR count). The van der Waals surface area contributed by atoms with Gasteiger partial charge in [0, 0.05) is 19.2 Å². The van der Waals surface area contributed by atoms with Gasteiger partial charge in [-0.15, -0.1) is 0 Å². The van der Waals surface area contributed by atoms with Crippen molar-refractivity contribution in [1.82, 2.24) is 24.1 Å². The number of unbranched alkanes of at least 4 members (excludes halogenated alkanes) is 1. The van der Waals surface area contributed by atoms with Crippen LogP contribution in [-0.4, -0.2) is 24.1 Å². The van der Waals surface area contributed by atoms with Crippen LogP contribution < -0.4 is 16.8 Å². The van der Waals surface area contributed by atoms with Crippen molar-refractivity contribution in [3.8, 4) is 22.8 Å². The molecule has 28 heavy (non-hydrogen) atoms. The summed E-state index contributed by atoms with van der Waals surface area (Å²) in [6, 6.07) is 10.8. The molecular formula is C20H19N5O3. The number of H-pyrrole nitrogens is 1. The second kappa shape index (κ2) is 6.88. The molecule has 1 aromatic carbocycles. The maximum absolute atomic E-state index is 12.8. The number of rotatable bonds is 4. The molecule has 1 aromatic heterocycles. The Morgan fingerprint density at radius 3 is 2.54 bits per heavy atom. The molecule has 2 aliphatic rings. The zero-order valence-electron chi connectivity index (χ0n) is 15.6. The summed E-state index contributed by atoms with van der Waals surface area (Å²) >= 11 is 0. The molecule has 2 aliphatic heterocycles. The van der Waals surface area contributed by atoms with Gasteiger partial charge in [0.2, 0.25) is 0 Å². The molecule has 8 nitrogen and oxygen atoms in total. The van der Waals surface area contributed by atoms with E-state index in [2.05, 4.69) is 15.0 Å². The van der Waals surface area contributed by atoms with Gasteiger partial charge in [-0.2, -0.15) is 4.98 Å². The van der Waals surface area contributed by atoms with Crippen LogP contribution in [0.15, 0.2) is 50.8 Å². The number of aromatic nitrogens is 5. The number of nitrogens with zero attached hydrogens (tertiary/aromatic N) is 4. The molecule has 0 fully saturated rings. The average Bonchev–Trinajstić information content (AvgIpc) is 2.71. The quantitative estimate of drug-likeness (QED) is 0.546. The van der Waals surface area contributed by atoms with Gasteiger partial charge in [0.1, 0.15) is 11.5 Å². The number of hydrogen-bond donors (Lipinski definition) is 1. The second-order valence-electron chi connectivity index (χ2n) is 6.66. The average molecular weight is 377 g/mol. The Balaban J connectivity index is 2.14. The van der Waals surface area contributed by atoms with Gasteiger partial charge in [-0.3, -0.25) is 14.2 Å². The van der Waals surface area contributed by atoms with Crippen LogP contribution in [0.1, 0.15) is 19.8 Å². The van der Waals surface area contributed by atoms with Crippen molar-refractivity contribution in [2.45, 2.75) is 26.3 Å². The third-order valence-corrected chi connectivity index (χ3v) is 4.78. The van der Waals surface area contributed by atoms with Gasteiger partial charge in [0.15, 0.2) is 5.82 Å². The SMILES string of the molecule is CCCCn1c2nc(=O)n(C)c(=O)c-2cc2c(=O)[nH]c(-c3ccccc3)nc21. The fraction of sp³-hybridized carbons (Fsp3) is 0.250. The van der Waals surface area contributed by atoms with Crippen LogP contribution in [0.2, 0.25) is 0 Å². The van der Waals surface area contributed by atoms with Crippen molar-refractivity contribution in [2.75, 3.05) is 0 Å². The molecular weight excluding hydrogens is 358 g/mol. The largest absolute Gasteiger partial charge is 0.352 e. The Bertz CT molecular complexity index is 1320. The smallest absolute Gasteiger partial charge is 0.309 e. The zero-order chi connectivity index (χ0) is 19.8. The number of aromatic amines is 1. The summed E-state index contributed by atoms with van der Waals surface area (Å²) in [6.07, 6.45) is 1.69. The standard InChI is InChI=1S/C20H19N5O3/c1-3-4-10-25-16-13(11-14-17(25)23-20(28)24(2)19(14)27)18(26)22-15(21-16)12-8-6-5-7-9-12/h5-9,11H,3-4,10H2,1-2H3,(H,21,22,26). The van der Waals surface area contributed by atoms with Crippen LogP contribution in [0.3, 0.4) is 0 Å². The predicted octanol–water partition coefficient (Wildman–Crippen LogP) is 1.75. The highest BCUT2D eigenvalue weighted by Gasteiger charge is 2.21. The molecule has 0 atom stereocenters. The number of fused-ring (bicyclic) bond motifs is 2. The van der Waals surface area contributed by atoms with Gasteiger partial charge in [0.25, 0.3) is 11.1 Å². The van der Waals surface area contributed by atoms with Crippen LogP contribution in [0, 0.1) is 0 Å². The molecule has 0 saturated carbocycles. The first-order valence-electron chi connectivity index (χ1n) is 9.11. The topological polar surface area (TPSA) is 103 Å². The van der Waals surface area contributed by atoms with Crippen LogP contribution in [-0.2, 0) is 13.6 Å². The van der Waals surface area contributed by atoms with E-state index in [1.165, 1.54) is 13.1 Å². The van der Waals surface area contributed by atoms with Crippen molar-refractivity contribution in [2.24, 2.45) is 7.05 Å². The molecule has 8 heteroatoms. The van der Waals surface area contributed by atoms with Gasteiger partial charge >= 0.3 is 5.69 Å². The molecule has 0 unspecified atom stereocenters. The fourth-order valence-electron chi connectivity index (χ4n) is 3.23. The lowest BCUT2D eigenvalue weighted by Gasteiger charge is -2.17. The van der Waals surface area contributed by atoms with E-state index < -0.39 is 11.2 Å². The molecule has 0 bridgehead atoms. The first-order chi connectivity index (χ1) is 13.5. The molecule has 1 N–H and O–H groups in total. The third kappa shape index (κ3) is 2.83. The van der Waals surface area contributed by atoms with E-state index in [9.17, 15) is 14.4 Å². The van der Waals surface area contributed by atoms with Crippen LogP contribution in [0.5, 0.6) is 0 Å². The van der Waals surface area contributed by atoms with E-state index in [1.54, 1.807) is 4.57 Å². The molecule has 0 radical (unpaired) electrons. The molecule has 0 aliphatic carbocycles. The number of aryl methyl sites for hydroxylation is 1. The van der Waals surface area contributed by atoms with Crippen molar-refractivity contribution in [3.05, 3.63) is 67.6 Å². The summed E-state index contributed by atoms with van der Waals surface area (Å²) < 4.78 is 2.65. The van der Waals surface area contributed by atoms with E-state index in [0.29, 0.717) is 23.4 Å². The Morgan fingerprint density at radius 2 is 1.82 bits per heavy atom. The number of nitrogens with one attached hydrogen (secondary N) is 1. The summed E-state index contributed by atoms with van der Waals surface area (Å²) in [4.78, 5) is 49.0. The van der Waals surface area contributed by atoms with Crippen molar-refractivity contribution >= 4 is 11.0 Å². The first-order valence-corrected chi connectivity index (χ1v) is 9.11. The van der Waals surface area contributed by atoms with Gasteiger partial charge < -0.3 is 9.55 Å². The summed E-state index contributed by atoms with van der Waals surface area (Å²) in [7, 11) is 1.37. The van der Waals surface area contributed by atoms with Crippen LogP contribution >= 0.6 is 0 Å². The van der Waals surface area contributed by atoms with Crippen LogP contribution in [0.4, 0.5) is 0 Å². The fourth-order valence-corrected chi connectivity index (χ4v) is 3.23. The summed E-state index contributed by atoms with van der Waals surface area (Å²) in [5, 5.41) is 0.292. The van der Waals surface area contributed by atoms with Gasteiger partial charge in [-0.1, -0.05) is 43.7 Å². The van der Waals surface area contributed by atoms with E-state index >= 15 is 0 Å². The van der Waals surface area contributed by atoms with E-state index in [4.69, 9.17) is 0 Å².